The van der Waals surface area contributed by atoms with Crippen LogP contribution in [0.3, 0.4) is 0 Å². The summed E-state index contributed by atoms with van der Waals surface area (Å²) in [5, 5.41) is 0. The first-order valence-electron chi connectivity index (χ1n) is 5.71. The lowest BCUT2D eigenvalue weighted by Gasteiger charge is -2.04. The van der Waals surface area contributed by atoms with Gasteiger partial charge in [-0.1, -0.05) is 30.2 Å². The van der Waals surface area contributed by atoms with Gasteiger partial charge in [0.25, 0.3) is 0 Å². The third-order valence-electron chi connectivity index (χ3n) is 2.78. The number of hydrogen-bond acceptors (Lipinski definition) is 3. The van der Waals surface area contributed by atoms with Crippen LogP contribution in [0.2, 0.25) is 0 Å². The Morgan fingerprint density at radius 2 is 1.84 bits per heavy atom. The second kappa shape index (κ2) is 5.28. The highest BCUT2D eigenvalue weighted by molar-refractivity contribution is 5.96. The fraction of sp³-hybridized carbons (Fsp3) is 0.0625. The summed E-state index contributed by atoms with van der Waals surface area (Å²) in [4.78, 5) is 11.1. The Balaban J connectivity index is 0.000000180. The van der Waals surface area contributed by atoms with Crippen LogP contribution in [-0.2, 0) is 4.74 Å². The Kier molecular flexibility index (Phi) is 3.53. The lowest BCUT2D eigenvalue weighted by Crippen LogP contribution is -2.06. The number of terminal acetylenes is 1. The smallest absolute Gasteiger partial charge is 0.339 e. The molecule has 0 saturated carbocycles. The van der Waals surface area contributed by atoms with Crippen LogP contribution in [0.5, 0.6) is 0 Å². The molecular weight excluding hydrogens is 238 g/mol. The predicted molar refractivity (Wildman–Crippen MR) is 75.6 cm³/mol. The number of hydrogen-bond donors (Lipinski definition) is 1. The van der Waals surface area contributed by atoms with E-state index in [1.165, 1.54) is 18.2 Å². The molecule has 0 aliphatic heterocycles. The molecule has 0 aromatic heterocycles. The summed E-state index contributed by atoms with van der Waals surface area (Å²) >= 11 is 0. The fourth-order valence-corrected chi connectivity index (χ4v) is 1.65. The Hall–Kier alpha value is -2.73. The molecule has 3 heteroatoms. The topological polar surface area (TPSA) is 52.3 Å². The van der Waals surface area contributed by atoms with Crippen LogP contribution in [0.25, 0.3) is 11.1 Å². The van der Waals surface area contributed by atoms with Gasteiger partial charge in [0, 0.05) is 5.56 Å². The van der Waals surface area contributed by atoms with E-state index >= 15 is 0 Å². The summed E-state index contributed by atoms with van der Waals surface area (Å²) in [5.74, 6) is 1.90. The van der Waals surface area contributed by atoms with Crippen molar-refractivity contribution >= 4 is 11.7 Å². The maximum atomic E-state index is 11.1. The number of rotatable bonds is 1. The highest BCUT2D eigenvalue weighted by Crippen LogP contribution is 2.32. The van der Waals surface area contributed by atoms with E-state index in [0.29, 0.717) is 11.1 Å². The first kappa shape index (κ1) is 12.7. The normalized spacial score (nSPS) is 9.68. The summed E-state index contributed by atoms with van der Waals surface area (Å²) in [6, 6.07) is 13.4. The van der Waals surface area contributed by atoms with Gasteiger partial charge in [-0.15, -0.1) is 6.42 Å². The zero-order valence-corrected chi connectivity index (χ0v) is 10.5. The fourth-order valence-electron chi connectivity index (χ4n) is 1.65. The van der Waals surface area contributed by atoms with Gasteiger partial charge in [0.15, 0.2) is 0 Å². The van der Waals surface area contributed by atoms with Gasteiger partial charge < -0.3 is 10.5 Å². The van der Waals surface area contributed by atoms with Gasteiger partial charge in [0.2, 0.25) is 0 Å². The molecule has 1 aromatic carbocycles. The maximum absolute atomic E-state index is 11.1. The van der Waals surface area contributed by atoms with E-state index in [1.807, 2.05) is 0 Å². The van der Waals surface area contributed by atoms with Crippen molar-refractivity contribution in [2.45, 2.75) is 0 Å². The second-order valence-corrected chi connectivity index (χ2v) is 3.98. The van der Waals surface area contributed by atoms with Crippen molar-refractivity contribution in [1.29, 1.82) is 0 Å². The monoisotopic (exact) mass is 251 g/mol. The molecule has 0 unspecified atom stereocenters. The lowest BCUT2D eigenvalue weighted by atomic mass is 10.1. The van der Waals surface area contributed by atoms with Crippen LogP contribution in [0.4, 0.5) is 5.69 Å². The predicted octanol–water partition coefficient (Wildman–Crippen LogP) is 2.70. The molecule has 0 radical (unpaired) electrons. The molecule has 94 valence electrons. The molecule has 0 fully saturated rings. The molecule has 3 nitrogen and oxygen atoms in total. The first-order valence-corrected chi connectivity index (χ1v) is 5.71. The zero-order valence-electron chi connectivity index (χ0n) is 10.5. The van der Waals surface area contributed by atoms with Crippen LogP contribution in [0, 0.1) is 12.3 Å². The molecule has 2 N–H and O–H groups in total. The van der Waals surface area contributed by atoms with E-state index in [0.717, 1.165) is 0 Å². The van der Waals surface area contributed by atoms with Gasteiger partial charge >= 0.3 is 5.97 Å². The highest BCUT2D eigenvalue weighted by atomic mass is 16.5. The minimum absolute atomic E-state index is 0.289. The molecule has 3 rings (SSSR count). The van der Waals surface area contributed by atoms with Crippen molar-refractivity contribution in [3.8, 4) is 23.5 Å². The third kappa shape index (κ3) is 2.75. The summed E-state index contributed by atoms with van der Waals surface area (Å²) in [6.45, 7) is 0. The average molecular weight is 251 g/mol. The molecule has 0 atom stereocenters. The van der Waals surface area contributed by atoms with E-state index in [4.69, 9.17) is 12.2 Å². The molecule has 19 heavy (non-hydrogen) atoms. The van der Waals surface area contributed by atoms with Crippen LogP contribution in [0.1, 0.15) is 15.9 Å². The summed E-state index contributed by atoms with van der Waals surface area (Å²) in [5.41, 5.74) is 9.57. The van der Waals surface area contributed by atoms with Crippen molar-refractivity contribution in [2.24, 2.45) is 0 Å². The molecule has 1 aromatic rings. The van der Waals surface area contributed by atoms with Crippen molar-refractivity contribution in [2.75, 3.05) is 12.8 Å². The molecular formula is C16H13NO2. The highest BCUT2D eigenvalue weighted by Gasteiger charge is 2.10. The Labute approximate surface area is 112 Å². The Bertz CT molecular complexity index is 651. The quantitative estimate of drug-likeness (QED) is 0.411. The molecule has 0 spiro atoms. The van der Waals surface area contributed by atoms with Gasteiger partial charge in [0.05, 0.1) is 18.4 Å². The number of carbonyl (C=O) groups is 1. The van der Waals surface area contributed by atoms with Gasteiger partial charge in [-0.25, -0.2) is 4.79 Å². The number of para-hydroxylation sites is 1. The molecule has 2 aliphatic rings. The lowest BCUT2D eigenvalue weighted by molar-refractivity contribution is 0.0602. The molecule has 0 amide bonds. The minimum atomic E-state index is -0.477. The molecule has 2 aliphatic carbocycles. The maximum Gasteiger partial charge on any atom is 0.339 e. The van der Waals surface area contributed by atoms with E-state index in [1.54, 1.807) is 18.2 Å². The van der Waals surface area contributed by atoms with Crippen LogP contribution < -0.4 is 5.73 Å². The van der Waals surface area contributed by atoms with E-state index in [2.05, 4.69) is 34.9 Å². The van der Waals surface area contributed by atoms with Crippen molar-refractivity contribution in [3.63, 3.8) is 0 Å². The van der Waals surface area contributed by atoms with Crippen LogP contribution in [-0.4, -0.2) is 13.1 Å². The number of fused-ring (bicyclic) bond motifs is 1. The number of carbonyl (C=O) groups excluding carboxylic acids is 1. The minimum Gasteiger partial charge on any atom is -0.465 e. The van der Waals surface area contributed by atoms with Crippen LogP contribution in [0.15, 0.2) is 42.5 Å². The largest absolute Gasteiger partial charge is 0.465 e. The number of benzene rings is 2. The standard InChI is InChI=1S/C10H9NO2.C6H4/c1-3-7-5-4-6-8(9(7)11)10(12)13-2;1-2-5-4-6(5)3-1/h1,4-6H,11H2,2H3;1-4H. The third-order valence-corrected chi connectivity index (χ3v) is 2.78. The van der Waals surface area contributed by atoms with Gasteiger partial charge in [-0.05, 0) is 29.3 Å². The second-order valence-electron chi connectivity index (χ2n) is 3.98. The summed E-state index contributed by atoms with van der Waals surface area (Å²) in [7, 11) is 1.30. The number of methoxy groups -OCH3 is 1. The van der Waals surface area contributed by atoms with Gasteiger partial charge in [-0.2, -0.15) is 0 Å². The van der Waals surface area contributed by atoms with Gasteiger partial charge in [-0.3, -0.25) is 0 Å². The van der Waals surface area contributed by atoms with E-state index in [9.17, 15) is 4.79 Å². The molecule has 0 bridgehead atoms. The Morgan fingerprint density at radius 3 is 2.26 bits per heavy atom. The SMILES string of the molecule is C#Cc1cccc(C(=O)OC)c1N.c1cc2cc-2c1. The number of ether oxygens (including phenoxy) is 1. The molecule has 0 saturated heterocycles. The Morgan fingerprint density at radius 1 is 1.21 bits per heavy atom. The van der Waals surface area contributed by atoms with E-state index < -0.39 is 5.97 Å². The van der Waals surface area contributed by atoms with Crippen LogP contribution >= 0.6 is 0 Å². The number of esters is 1. The van der Waals surface area contributed by atoms with Crippen molar-refractivity contribution < 1.29 is 9.53 Å². The van der Waals surface area contributed by atoms with Gasteiger partial charge in [0.1, 0.15) is 0 Å². The zero-order chi connectivity index (χ0) is 13.8. The number of anilines is 1. The number of nitrogen functional groups attached to an aromatic ring is 1. The van der Waals surface area contributed by atoms with Crippen molar-refractivity contribution in [3.05, 3.63) is 53.6 Å². The average Bonchev–Trinajstić information content (AvgIpc) is 3.05. The van der Waals surface area contributed by atoms with E-state index in [-0.39, 0.29) is 5.69 Å². The first-order chi connectivity index (χ1) is 9.17. The number of nitrogens with two attached hydrogens (primary N) is 1. The summed E-state index contributed by atoms with van der Waals surface area (Å²) in [6.07, 6.45) is 5.18. The summed E-state index contributed by atoms with van der Waals surface area (Å²) < 4.78 is 4.53. The molecule has 0 heterocycles. The van der Waals surface area contributed by atoms with Crippen molar-refractivity contribution in [1.82, 2.24) is 0 Å².